The highest BCUT2D eigenvalue weighted by molar-refractivity contribution is 5.80. The van der Waals surface area contributed by atoms with Crippen LogP contribution in [0.15, 0.2) is 29.3 Å². The molecule has 0 saturated carbocycles. The summed E-state index contributed by atoms with van der Waals surface area (Å²) in [6.45, 7) is 18.5. The van der Waals surface area contributed by atoms with Crippen LogP contribution in [0.4, 0.5) is 0 Å². The minimum Gasteiger partial charge on any atom is -0.379 e. The average molecular weight is 418 g/mol. The Kier molecular flexibility index (Phi) is 11.8. The van der Waals surface area contributed by atoms with Crippen molar-refractivity contribution in [2.45, 2.75) is 59.7 Å². The second kappa shape index (κ2) is 14.4. The van der Waals surface area contributed by atoms with Gasteiger partial charge in [0.15, 0.2) is 5.96 Å². The first-order valence-electron chi connectivity index (χ1n) is 11.8. The third-order valence-corrected chi connectivity index (χ3v) is 5.76. The first-order chi connectivity index (χ1) is 14.7. The predicted molar refractivity (Wildman–Crippen MR) is 127 cm³/mol. The summed E-state index contributed by atoms with van der Waals surface area (Å²) in [5.41, 5.74) is 2.67. The van der Waals surface area contributed by atoms with Gasteiger partial charge in [0.2, 0.25) is 0 Å². The third kappa shape index (κ3) is 9.02. The standard InChI is InChI=1S/C24H43N5O/c1-5-25-24(27-21(4)11-10-14-28(6-2)7-3)26-19-22-12-8-9-13-23(22)20-29-15-17-30-18-16-29/h8-9,12-13,21H,5-7,10-11,14-20H2,1-4H3,(H2,25,26,27). The maximum Gasteiger partial charge on any atom is 0.191 e. The zero-order valence-electron chi connectivity index (χ0n) is 19.6. The lowest BCUT2D eigenvalue weighted by atomic mass is 10.1. The smallest absolute Gasteiger partial charge is 0.191 e. The molecule has 1 aromatic carbocycles. The summed E-state index contributed by atoms with van der Waals surface area (Å²) < 4.78 is 5.48. The number of hydrogen-bond donors (Lipinski definition) is 2. The van der Waals surface area contributed by atoms with Gasteiger partial charge in [0.1, 0.15) is 0 Å². The molecule has 1 heterocycles. The molecule has 1 fully saturated rings. The van der Waals surface area contributed by atoms with E-state index in [0.717, 1.165) is 64.9 Å². The van der Waals surface area contributed by atoms with Crippen LogP contribution in [-0.2, 0) is 17.8 Å². The highest BCUT2D eigenvalue weighted by Crippen LogP contribution is 2.14. The van der Waals surface area contributed by atoms with Crippen molar-refractivity contribution in [1.29, 1.82) is 0 Å². The Labute approximate surface area is 184 Å². The normalized spacial score (nSPS) is 16.6. The first-order valence-corrected chi connectivity index (χ1v) is 11.8. The molecule has 1 aliphatic rings. The van der Waals surface area contributed by atoms with E-state index in [1.165, 1.54) is 24.1 Å². The Bertz CT molecular complexity index is 611. The third-order valence-electron chi connectivity index (χ3n) is 5.76. The van der Waals surface area contributed by atoms with E-state index < -0.39 is 0 Å². The van der Waals surface area contributed by atoms with E-state index in [9.17, 15) is 0 Å². The van der Waals surface area contributed by atoms with Crippen molar-refractivity contribution in [3.8, 4) is 0 Å². The van der Waals surface area contributed by atoms with Crippen LogP contribution in [0.3, 0.4) is 0 Å². The van der Waals surface area contributed by atoms with Crippen molar-refractivity contribution in [2.24, 2.45) is 4.99 Å². The van der Waals surface area contributed by atoms with Crippen LogP contribution in [-0.4, -0.2) is 74.3 Å². The molecule has 0 aromatic heterocycles. The Balaban J connectivity index is 1.90. The Hall–Kier alpha value is -1.63. The Morgan fingerprint density at radius 2 is 1.83 bits per heavy atom. The zero-order chi connectivity index (χ0) is 21.6. The molecule has 0 bridgehead atoms. The maximum atomic E-state index is 5.48. The fourth-order valence-corrected chi connectivity index (χ4v) is 3.82. The van der Waals surface area contributed by atoms with E-state index in [1.807, 2.05) is 0 Å². The lowest BCUT2D eigenvalue weighted by molar-refractivity contribution is 0.0341. The van der Waals surface area contributed by atoms with Gasteiger partial charge in [-0.2, -0.15) is 0 Å². The highest BCUT2D eigenvalue weighted by atomic mass is 16.5. The second-order valence-electron chi connectivity index (χ2n) is 8.07. The van der Waals surface area contributed by atoms with Gasteiger partial charge in [0.25, 0.3) is 0 Å². The number of benzene rings is 1. The lowest BCUT2D eigenvalue weighted by Crippen LogP contribution is -2.42. The van der Waals surface area contributed by atoms with Crippen molar-refractivity contribution in [2.75, 3.05) is 52.5 Å². The summed E-state index contributed by atoms with van der Waals surface area (Å²) in [6, 6.07) is 9.09. The molecule has 1 saturated heterocycles. The number of aliphatic imine (C=N–C) groups is 1. The average Bonchev–Trinajstić information content (AvgIpc) is 2.77. The van der Waals surface area contributed by atoms with Crippen LogP contribution in [0.5, 0.6) is 0 Å². The van der Waals surface area contributed by atoms with Crippen molar-refractivity contribution in [3.05, 3.63) is 35.4 Å². The lowest BCUT2D eigenvalue weighted by Gasteiger charge is -2.27. The van der Waals surface area contributed by atoms with Gasteiger partial charge < -0.3 is 20.3 Å². The predicted octanol–water partition coefficient (Wildman–Crippen LogP) is 3.08. The Morgan fingerprint density at radius 3 is 2.50 bits per heavy atom. The van der Waals surface area contributed by atoms with Crippen molar-refractivity contribution >= 4 is 5.96 Å². The van der Waals surface area contributed by atoms with Gasteiger partial charge in [0.05, 0.1) is 19.8 Å². The summed E-state index contributed by atoms with van der Waals surface area (Å²) in [5, 5.41) is 7.00. The molecule has 2 rings (SSSR count). The van der Waals surface area contributed by atoms with Gasteiger partial charge in [-0.15, -0.1) is 0 Å². The van der Waals surface area contributed by atoms with E-state index in [-0.39, 0.29) is 0 Å². The molecule has 0 amide bonds. The summed E-state index contributed by atoms with van der Waals surface area (Å²) in [6.07, 6.45) is 2.35. The van der Waals surface area contributed by atoms with Crippen LogP contribution < -0.4 is 10.6 Å². The molecule has 170 valence electrons. The van der Waals surface area contributed by atoms with Gasteiger partial charge >= 0.3 is 0 Å². The van der Waals surface area contributed by atoms with E-state index in [2.05, 4.69) is 72.4 Å². The van der Waals surface area contributed by atoms with Gasteiger partial charge in [-0.25, -0.2) is 4.99 Å². The van der Waals surface area contributed by atoms with E-state index in [1.54, 1.807) is 0 Å². The molecule has 0 radical (unpaired) electrons. The van der Waals surface area contributed by atoms with Crippen LogP contribution in [0.2, 0.25) is 0 Å². The number of morpholine rings is 1. The van der Waals surface area contributed by atoms with Gasteiger partial charge in [-0.1, -0.05) is 38.1 Å². The minimum absolute atomic E-state index is 0.405. The largest absolute Gasteiger partial charge is 0.379 e. The SMILES string of the molecule is CCNC(=NCc1ccccc1CN1CCOCC1)NC(C)CCCN(CC)CC. The molecule has 1 aliphatic heterocycles. The Morgan fingerprint density at radius 1 is 1.13 bits per heavy atom. The first kappa shape index (κ1) is 24.6. The summed E-state index contributed by atoms with van der Waals surface area (Å²) in [5.74, 6) is 0.911. The molecule has 0 aliphatic carbocycles. The van der Waals surface area contributed by atoms with Crippen LogP contribution in [0, 0.1) is 0 Å². The number of ether oxygens (including phenoxy) is 1. The summed E-state index contributed by atoms with van der Waals surface area (Å²) >= 11 is 0. The number of hydrogen-bond acceptors (Lipinski definition) is 4. The number of guanidine groups is 1. The van der Waals surface area contributed by atoms with Gasteiger partial charge in [-0.3, -0.25) is 4.90 Å². The molecule has 30 heavy (non-hydrogen) atoms. The number of rotatable bonds is 12. The topological polar surface area (TPSA) is 52.1 Å². The van der Waals surface area contributed by atoms with Crippen LogP contribution >= 0.6 is 0 Å². The van der Waals surface area contributed by atoms with Crippen molar-refractivity contribution in [3.63, 3.8) is 0 Å². The van der Waals surface area contributed by atoms with E-state index in [4.69, 9.17) is 9.73 Å². The quantitative estimate of drug-likeness (QED) is 0.404. The number of nitrogens with zero attached hydrogens (tertiary/aromatic N) is 3. The monoisotopic (exact) mass is 417 g/mol. The molecule has 0 spiro atoms. The molecular weight excluding hydrogens is 374 g/mol. The number of nitrogens with one attached hydrogen (secondary N) is 2. The van der Waals surface area contributed by atoms with Crippen LogP contribution in [0.25, 0.3) is 0 Å². The maximum absolute atomic E-state index is 5.48. The molecular formula is C24H43N5O. The summed E-state index contributed by atoms with van der Waals surface area (Å²) in [7, 11) is 0. The fourth-order valence-electron chi connectivity index (χ4n) is 3.82. The zero-order valence-corrected chi connectivity index (χ0v) is 19.6. The molecule has 1 unspecified atom stereocenters. The van der Waals surface area contributed by atoms with Crippen molar-refractivity contribution < 1.29 is 4.74 Å². The van der Waals surface area contributed by atoms with Crippen molar-refractivity contribution in [1.82, 2.24) is 20.4 Å². The molecule has 2 N–H and O–H groups in total. The fraction of sp³-hybridized carbons (Fsp3) is 0.708. The molecule has 6 heteroatoms. The molecule has 6 nitrogen and oxygen atoms in total. The second-order valence-corrected chi connectivity index (χ2v) is 8.07. The van der Waals surface area contributed by atoms with E-state index >= 15 is 0 Å². The minimum atomic E-state index is 0.405. The summed E-state index contributed by atoms with van der Waals surface area (Å²) in [4.78, 5) is 9.84. The van der Waals surface area contributed by atoms with E-state index in [0.29, 0.717) is 12.6 Å². The highest BCUT2D eigenvalue weighted by Gasteiger charge is 2.13. The van der Waals surface area contributed by atoms with Crippen LogP contribution in [0.1, 0.15) is 51.7 Å². The molecule has 1 atom stereocenters. The molecule has 1 aromatic rings. The van der Waals surface area contributed by atoms with Gasteiger partial charge in [0, 0.05) is 32.2 Å². The van der Waals surface area contributed by atoms with Gasteiger partial charge in [-0.05, 0) is 57.5 Å².